The first-order valence-electron chi connectivity index (χ1n) is 6.96. The number of carbonyl (C=O) groups excluding carboxylic acids is 2. The van der Waals surface area contributed by atoms with Crippen molar-refractivity contribution in [2.24, 2.45) is 5.92 Å². The van der Waals surface area contributed by atoms with E-state index in [1.165, 1.54) is 12.3 Å². The minimum absolute atomic E-state index is 0.119. The van der Waals surface area contributed by atoms with Crippen molar-refractivity contribution in [2.75, 3.05) is 6.54 Å². The molecule has 2 heterocycles. The van der Waals surface area contributed by atoms with Gasteiger partial charge in [0.2, 0.25) is 0 Å². The summed E-state index contributed by atoms with van der Waals surface area (Å²) in [5.74, 6) is -2.47. The van der Waals surface area contributed by atoms with Gasteiger partial charge < -0.3 is 9.84 Å². The van der Waals surface area contributed by atoms with E-state index in [9.17, 15) is 19.5 Å². The monoisotopic (exact) mass is 301 g/mol. The smallest absolute Gasteiger partial charge is 0.314 e. The second-order valence-electron chi connectivity index (χ2n) is 5.63. The van der Waals surface area contributed by atoms with Crippen LogP contribution in [0.15, 0.2) is 36.6 Å². The Balaban J connectivity index is 1.75. The summed E-state index contributed by atoms with van der Waals surface area (Å²) >= 11 is 0. The van der Waals surface area contributed by atoms with E-state index in [0.29, 0.717) is 11.1 Å². The zero-order chi connectivity index (χ0) is 15.9. The van der Waals surface area contributed by atoms with Crippen molar-refractivity contribution in [3.8, 4) is 0 Å². The van der Waals surface area contributed by atoms with Crippen LogP contribution in [-0.4, -0.2) is 39.9 Å². The second-order valence-corrected chi connectivity index (χ2v) is 5.63. The fraction of sp³-hybridized carbons (Fsp3) is 0.312. The predicted octanol–water partition coefficient (Wildman–Crippen LogP) is 1.68. The summed E-state index contributed by atoms with van der Waals surface area (Å²) in [6.45, 7) is 1.79. The SMILES string of the molecule is CC1(CCN2C(=O)c3ccccc3C2=O)OC=CC1C(=O)O. The molecule has 2 aliphatic heterocycles. The molecular weight excluding hydrogens is 286 g/mol. The Morgan fingerprint density at radius 1 is 1.27 bits per heavy atom. The number of carboxylic acid groups (broad SMARTS) is 1. The minimum atomic E-state index is -0.987. The number of hydrogen-bond donors (Lipinski definition) is 1. The van der Waals surface area contributed by atoms with Gasteiger partial charge in [-0.25, -0.2) is 0 Å². The summed E-state index contributed by atoms with van der Waals surface area (Å²) in [7, 11) is 0. The summed E-state index contributed by atoms with van der Waals surface area (Å²) in [6.07, 6.45) is 3.09. The van der Waals surface area contributed by atoms with E-state index in [1.807, 2.05) is 0 Å². The first-order chi connectivity index (χ1) is 10.4. The molecule has 6 nitrogen and oxygen atoms in total. The molecule has 2 amide bonds. The maximum absolute atomic E-state index is 12.3. The number of benzene rings is 1. The number of carbonyl (C=O) groups is 3. The molecule has 114 valence electrons. The molecule has 1 aromatic carbocycles. The third-order valence-corrected chi connectivity index (χ3v) is 4.24. The van der Waals surface area contributed by atoms with E-state index in [4.69, 9.17) is 4.74 Å². The van der Waals surface area contributed by atoms with Crippen LogP contribution in [0.1, 0.15) is 34.1 Å². The molecule has 0 fully saturated rings. The van der Waals surface area contributed by atoms with Crippen molar-refractivity contribution in [3.63, 3.8) is 0 Å². The lowest BCUT2D eigenvalue weighted by Crippen LogP contribution is -2.42. The number of fused-ring (bicyclic) bond motifs is 1. The van der Waals surface area contributed by atoms with Crippen LogP contribution in [0.5, 0.6) is 0 Å². The molecule has 0 aliphatic carbocycles. The predicted molar refractivity (Wildman–Crippen MR) is 76.2 cm³/mol. The molecule has 0 radical (unpaired) electrons. The fourth-order valence-corrected chi connectivity index (χ4v) is 2.88. The number of rotatable bonds is 4. The van der Waals surface area contributed by atoms with Crippen molar-refractivity contribution < 1.29 is 24.2 Å². The molecular formula is C16H15NO5. The van der Waals surface area contributed by atoms with Gasteiger partial charge >= 0.3 is 5.97 Å². The molecule has 22 heavy (non-hydrogen) atoms. The zero-order valence-corrected chi connectivity index (χ0v) is 12.0. The standard InChI is InChI=1S/C16H15NO5/c1-16(12(15(20)21)6-9-22-16)7-8-17-13(18)10-4-2-3-5-11(10)14(17)19/h2-6,9,12H,7-8H2,1H3,(H,20,21). The summed E-state index contributed by atoms with van der Waals surface area (Å²) < 4.78 is 5.41. The lowest BCUT2D eigenvalue weighted by atomic mass is 9.87. The maximum Gasteiger partial charge on any atom is 0.314 e. The average molecular weight is 301 g/mol. The van der Waals surface area contributed by atoms with Crippen LogP contribution < -0.4 is 0 Å². The van der Waals surface area contributed by atoms with Gasteiger partial charge in [0.1, 0.15) is 11.5 Å². The van der Waals surface area contributed by atoms with E-state index in [1.54, 1.807) is 31.2 Å². The molecule has 0 spiro atoms. The maximum atomic E-state index is 12.3. The minimum Gasteiger partial charge on any atom is -0.494 e. The van der Waals surface area contributed by atoms with E-state index >= 15 is 0 Å². The topological polar surface area (TPSA) is 83.9 Å². The Morgan fingerprint density at radius 3 is 2.41 bits per heavy atom. The molecule has 0 bridgehead atoms. The van der Waals surface area contributed by atoms with Gasteiger partial charge in [0.15, 0.2) is 0 Å². The van der Waals surface area contributed by atoms with Crippen LogP contribution in [0, 0.1) is 5.92 Å². The zero-order valence-electron chi connectivity index (χ0n) is 12.0. The molecule has 2 atom stereocenters. The first-order valence-corrected chi connectivity index (χ1v) is 6.96. The molecule has 1 N–H and O–H groups in total. The third kappa shape index (κ3) is 2.07. The summed E-state index contributed by atoms with van der Waals surface area (Å²) in [5.41, 5.74) is -0.183. The van der Waals surface area contributed by atoms with E-state index in [2.05, 4.69) is 0 Å². The molecule has 2 unspecified atom stereocenters. The van der Waals surface area contributed by atoms with E-state index in [0.717, 1.165) is 4.90 Å². The summed E-state index contributed by atoms with van der Waals surface area (Å²) in [4.78, 5) is 36.9. The molecule has 0 aromatic heterocycles. The first kappa shape index (κ1) is 14.3. The van der Waals surface area contributed by atoms with Crippen LogP contribution in [0.3, 0.4) is 0 Å². The molecule has 0 saturated carbocycles. The number of ether oxygens (including phenoxy) is 1. The highest BCUT2D eigenvalue weighted by molar-refractivity contribution is 6.21. The lowest BCUT2D eigenvalue weighted by Gasteiger charge is -2.29. The van der Waals surface area contributed by atoms with Crippen molar-refractivity contribution in [3.05, 3.63) is 47.7 Å². The number of amides is 2. The average Bonchev–Trinajstić information content (AvgIpc) is 2.99. The van der Waals surface area contributed by atoms with Gasteiger partial charge in [-0.1, -0.05) is 12.1 Å². The van der Waals surface area contributed by atoms with Gasteiger partial charge in [0, 0.05) is 13.0 Å². The fourth-order valence-electron chi connectivity index (χ4n) is 2.88. The number of nitrogens with zero attached hydrogens (tertiary/aromatic N) is 1. The van der Waals surface area contributed by atoms with Crippen molar-refractivity contribution >= 4 is 17.8 Å². The van der Waals surface area contributed by atoms with Gasteiger partial charge in [0.25, 0.3) is 11.8 Å². The van der Waals surface area contributed by atoms with Gasteiger partial charge in [-0.15, -0.1) is 0 Å². The Kier molecular flexibility index (Phi) is 3.24. The van der Waals surface area contributed by atoms with Crippen molar-refractivity contribution in [2.45, 2.75) is 18.9 Å². The summed E-state index contributed by atoms with van der Waals surface area (Å²) in [5, 5.41) is 9.21. The molecule has 2 aliphatic rings. The van der Waals surface area contributed by atoms with Gasteiger partial charge in [0.05, 0.1) is 17.4 Å². The number of hydrogen-bond acceptors (Lipinski definition) is 4. The number of imide groups is 1. The van der Waals surface area contributed by atoms with Crippen LogP contribution in [0.4, 0.5) is 0 Å². The van der Waals surface area contributed by atoms with Gasteiger partial charge in [-0.3, -0.25) is 19.3 Å². The number of aliphatic carboxylic acids is 1. The van der Waals surface area contributed by atoms with Crippen molar-refractivity contribution in [1.82, 2.24) is 4.90 Å². The molecule has 0 saturated heterocycles. The van der Waals surface area contributed by atoms with Crippen LogP contribution in [-0.2, 0) is 9.53 Å². The van der Waals surface area contributed by atoms with Crippen LogP contribution in [0.25, 0.3) is 0 Å². The Hall–Kier alpha value is -2.63. The molecule has 1 aromatic rings. The van der Waals surface area contributed by atoms with E-state index < -0.39 is 17.5 Å². The normalized spacial score (nSPS) is 26.2. The quantitative estimate of drug-likeness (QED) is 0.855. The highest BCUT2D eigenvalue weighted by Gasteiger charge is 2.44. The van der Waals surface area contributed by atoms with Gasteiger partial charge in [-0.2, -0.15) is 0 Å². The van der Waals surface area contributed by atoms with Crippen molar-refractivity contribution in [1.29, 1.82) is 0 Å². The highest BCUT2D eigenvalue weighted by atomic mass is 16.5. The highest BCUT2D eigenvalue weighted by Crippen LogP contribution is 2.34. The van der Waals surface area contributed by atoms with Gasteiger partial charge in [-0.05, 0) is 25.1 Å². The molecule has 6 heteroatoms. The van der Waals surface area contributed by atoms with Crippen LogP contribution in [0.2, 0.25) is 0 Å². The number of carboxylic acids is 1. The second kappa shape index (κ2) is 4.98. The third-order valence-electron chi connectivity index (χ3n) is 4.24. The Bertz CT molecular complexity index is 661. The molecule has 3 rings (SSSR count). The summed E-state index contributed by atoms with van der Waals surface area (Å²) in [6, 6.07) is 6.65. The van der Waals surface area contributed by atoms with E-state index in [-0.39, 0.29) is 24.8 Å². The Labute approximate surface area is 127 Å². The largest absolute Gasteiger partial charge is 0.494 e. The lowest BCUT2D eigenvalue weighted by molar-refractivity contribution is -0.146. The van der Waals surface area contributed by atoms with Crippen LogP contribution >= 0.6 is 0 Å². The Morgan fingerprint density at radius 2 is 1.86 bits per heavy atom.